The lowest BCUT2D eigenvalue weighted by Gasteiger charge is -2.40. The normalized spacial score (nSPS) is 54.3. The van der Waals surface area contributed by atoms with Crippen molar-refractivity contribution in [2.24, 2.45) is 53.3 Å². The van der Waals surface area contributed by atoms with Crippen LogP contribution in [0.1, 0.15) is 47.0 Å². The van der Waals surface area contributed by atoms with Crippen molar-refractivity contribution in [1.82, 2.24) is 0 Å². The van der Waals surface area contributed by atoms with Crippen LogP contribution in [0.4, 0.5) is 0 Å². The van der Waals surface area contributed by atoms with Gasteiger partial charge in [-0.05, 0) is 66.6 Å². The van der Waals surface area contributed by atoms with Gasteiger partial charge in [0.25, 0.3) is 0 Å². The average molecular weight is 274 g/mol. The Bertz CT molecular complexity index is 397. The SMILES string of the molecule is CC1C=CC(C)C(CC2C3CC(C=O)C(C3)C2C)C1C. The van der Waals surface area contributed by atoms with E-state index in [1.807, 2.05) is 0 Å². The third-order valence-corrected chi connectivity index (χ3v) is 7.27. The molecule has 3 aliphatic carbocycles. The van der Waals surface area contributed by atoms with Gasteiger partial charge in [0.2, 0.25) is 0 Å². The van der Waals surface area contributed by atoms with Gasteiger partial charge in [0.1, 0.15) is 6.29 Å². The van der Waals surface area contributed by atoms with E-state index in [-0.39, 0.29) is 0 Å². The second kappa shape index (κ2) is 5.31. The molecule has 2 saturated carbocycles. The van der Waals surface area contributed by atoms with Crippen LogP contribution in [0.25, 0.3) is 0 Å². The molecule has 0 amide bonds. The number of hydrogen-bond donors (Lipinski definition) is 0. The van der Waals surface area contributed by atoms with Crippen molar-refractivity contribution in [3.05, 3.63) is 12.2 Å². The van der Waals surface area contributed by atoms with Gasteiger partial charge in [0.05, 0.1) is 0 Å². The van der Waals surface area contributed by atoms with Crippen molar-refractivity contribution in [2.45, 2.75) is 47.0 Å². The molecule has 2 bridgehead atoms. The predicted molar refractivity (Wildman–Crippen MR) is 83.2 cm³/mol. The lowest BCUT2D eigenvalue weighted by atomic mass is 9.65. The summed E-state index contributed by atoms with van der Waals surface area (Å²) in [5.74, 6) is 6.68. The molecule has 0 aromatic rings. The quantitative estimate of drug-likeness (QED) is 0.544. The van der Waals surface area contributed by atoms with E-state index in [9.17, 15) is 4.79 Å². The first kappa shape index (κ1) is 14.4. The molecule has 2 fully saturated rings. The molecule has 20 heavy (non-hydrogen) atoms. The van der Waals surface area contributed by atoms with Crippen molar-refractivity contribution in [3.8, 4) is 0 Å². The number of hydrogen-bond acceptors (Lipinski definition) is 1. The van der Waals surface area contributed by atoms with Gasteiger partial charge in [-0.25, -0.2) is 0 Å². The molecule has 0 spiro atoms. The van der Waals surface area contributed by atoms with E-state index in [1.165, 1.54) is 25.5 Å². The van der Waals surface area contributed by atoms with Crippen molar-refractivity contribution in [3.63, 3.8) is 0 Å². The predicted octanol–water partition coefficient (Wildman–Crippen LogP) is 4.58. The number of carbonyl (C=O) groups is 1. The van der Waals surface area contributed by atoms with Gasteiger partial charge in [-0.15, -0.1) is 0 Å². The molecule has 9 atom stereocenters. The number of rotatable bonds is 3. The smallest absolute Gasteiger partial charge is 0.123 e. The van der Waals surface area contributed by atoms with Crippen molar-refractivity contribution in [1.29, 1.82) is 0 Å². The summed E-state index contributed by atoms with van der Waals surface area (Å²) >= 11 is 0. The number of fused-ring (bicyclic) bond motifs is 2. The third-order valence-electron chi connectivity index (χ3n) is 7.27. The summed E-state index contributed by atoms with van der Waals surface area (Å²) in [7, 11) is 0. The average Bonchev–Trinajstić information content (AvgIpc) is 2.98. The molecule has 3 aliphatic rings. The molecule has 112 valence electrons. The summed E-state index contributed by atoms with van der Waals surface area (Å²) in [6.07, 6.45) is 10.0. The van der Waals surface area contributed by atoms with Gasteiger partial charge >= 0.3 is 0 Å². The Morgan fingerprint density at radius 3 is 2.30 bits per heavy atom. The first-order valence-electron chi connectivity index (χ1n) is 8.66. The molecule has 3 rings (SSSR count). The number of carbonyl (C=O) groups excluding carboxylic acids is 1. The van der Waals surface area contributed by atoms with Crippen LogP contribution in [-0.2, 0) is 4.79 Å². The maximum Gasteiger partial charge on any atom is 0.123 e. The maximum atomic E-state index is 11.2. The Morgan fingerprint density at radius 1 is 0.950 bits per heavy atom. The molecule has 9 unspecified atom stereocenters. The summed E-state index contributed by atoms with van der Waals surface area (Å²) in [5, 5.41) is 0. The molecule has 0 radical (unpaired) electrons. The van der Waals surface area contributed by atoms with Crippen molar-refractivity contribution in [2.75, 3.05) is 0 Å². The largest absolute Gasteiger partial charge is 0.303 e. The lowest BCUT2D eigenvalue weighted by molar-refractivity contribution is -0.113. The fourth-order valence-electron chi connectivity index (χ4n) is 5.69. The topological polar surface area (TPSA) is 17.1 Å². The highest BCUT2D eigenvalue weighted by Gasteiger charge is 2.51. The minimum absolute atomic E-state index is 0.381. The van der Waals surface area contributed by atoms with Crippen LogP contribution in [0.3, 0.4) is 0 Å². The van der Waals surface area contributed by atoms with E-state index in [1.54, 1.807) is 0 Å². The zero-order valence-corrected chi connectivity index (χ0v) is 13.5. The monoisotopic (exact) mass is 274 g/mol. The van der Waals surface area contributed by atoms with Crippen molar-refractivity contribution < 1.29 is 4.79 Å². The summed E-state index contributed by atoms with van der Waals surface area (Å²) < 4.78 is 0. The molecule has 1 heteroatoms. The van der Waals surface area contributed by atoms with Crippen LogP contribution in [0.15, 0.2) is 12.2 Å². The highest BCUT2D eigenvalue weighted by Crippen LogP contribution is 2.57. The second-order valence-electron chi connectivity index (χ2n) is 8.08. The van der Waals surface area contributed by atoms with Gasteiger partial charge in [0.15, 0.2) is 0 Å². The standard InChI is InChI=1S/C19H30O/c1-11-5-6-12(2)17(13(11)3)9-19-14(4)18-8-15(19)7-16(18)10-20/h5-6,10-19H,7-9H2,1-4H3. The van der Waals surface area contributed by atoms with Crippen LogP contribution in [0.2, 0.25) is 0 Å². The Balaban J connectivity index is 1.70. The molecule has 0 N–H and O–H groups in total. The van der Waals surface area contributed by atoms with E-state index in [0.717, 1.165) is 41.4 Å². The zero-order valence-electron chi connectivity index (χ0n) is 13.5. The van der Waals surface area contributed by atoms with E-state index < -0.39 is 0 Å². The molecule has 0 saturated heterocycles. The van der Waals surface area contributed by atoms with Gasteiger partial charge in [-0.2, -0.15) is 0 Å². The van der Waals surface area contributed by atoms with E-state index in [2.05, 4.69) is 39.8 Å². The Morgan fingerprint density at radius 2 is 1.65 bits per heavy atom. The molecule has 0 aromatic heterocycles. The fourth-order valence-corrected chi connectivity index (χ4v) is 5.69. The van der Waals surface area contributed by atoms with Gasteiger partial charge in [0, 0.05) is 5.92 Å². The summed E-state index contributed by atoms with van der Waals surface area (Å²) in [6.45, 7) is 9.63. The molecule has 1 nitrogen and oxygen atoms in total. The molecular formula is C19H30O. The summed E-state index contributed by atoms with van der Waals surface area (Å²) in [4.78, 5) is 11.2. The first-order chi connectivity index (χ1) is 9.52. The Hall–Kier alpha value is -0.590. The highest BCUT2D eigenvalue weighted by molar-refractivity contribution is 5.55. The van der Waals surface area contributed by atoms with Crippen LogP contribution in [0, 0.1) is 53.3 Å². The minimum atomic E-state index is 0.381. The molecular weight excluding hydrogens is 244 g/mol. The third kappa shape index (κ3) is 2.18. The number of aldehydes is 1. The fraction of sp³-hybridized carbons (Fsp3) is 0.842. The summed E-state index contributed by atoms with van der Waals surface area (Å²) in [5.41, 5.74) is 0. The van der Waals surface area contributed by atoms with Crippen LogP contribution in [0.5, 0.6) is 0 Å². The van der Waals surface area contributed by atoms with E-state index >= 15 is 0 Å². The minimum Gasteiger partial charge on any atom is -0.303 e. The zero-order chi connectivity index (χ0) is 14.4. The number of allylic oxidation sites excluding steroid dienone is 2. The van der Waals surface area contributed by atoms with Crippen LogP contribution in [-0.4, -0.2) is 6.29 Å². The van der Waals surface area contributed by atoms with Gasteiger partial charge < -0.3 is 4.79 Å². The summed E-state index contributed by atoms with van der Waals surface area (Å²) in [6, 6.07) is 0. The van der Waals surface area contributed by atoms with Gasteiger partial charge in [-0.3, -0.25) is 0 Å². The van der Waals surface area contributed by atoms with Crippen LogP contribution >= 0.6 is 0 Å². The molecule has 0 aliphatic heterocycles. The first-order valence-corrected chi connectivity index (χ1v) is 8.66. The second-order valence-corrected chi connectivity index (χ2v) is 8.08. The van der Waals surface area contributed by atoms with E-state index in [0.29, 0.717) is 11.8 Å². The maximum absolute atomic E-state index is 11.2. The van der Waals surface area contributed by atoms with Crippen LogP contribution < -0.4 is 0 Å². The Labute approximate surface area is 124 Å². The lowest BCUT2D eigenvalue weighted by Crippen LogP contribution is -2.34. The van der Waals surface area contributed by atoms with Gasteiger partial charge in [-0.1, -0.05) is 39.8 Å². The molecule has 0 aromatic carbocycles. The van der Waals surface area contributed by atoms with Crippen molar-refractivity contribution >= 4 is 6.29 Å². The Kier molecular flexibility index (Phi) is 3.81. The molecule has 0 heterocycles. The highest BCUT2D eigenvalue weighted by atomic mass is 16.1. The van der Waals surface area contributed by atoms with E-state index in [4.69, 9.17) is 0 Å².